The normalized spacial score (nSPS) is 13.8. The molecule has 0 spiro atoms. The molecule has 0 radical (unpaired) electrons. The largest absolute Gasteiger partial charge is 0.351 e. The molecule has 0 aliphatic carbocycles. The summed E-state index contributed by atoms with van der Waals surface area (Å²) in [6.07, 6.45) is 0.899. The molecule has 2 atom stereocenters. The molecule has 0 saturated heterocycles. The topological polar surface area (TPSA) is 46.4 Å². The highest BCUT2D eigenvalue weighted by atomic mass is 32.1. The predicted molar refractivity (Wildman–Crippen MR) is 101 cm³/mol. The molecule has 2 aromatic heterocycles. The summed E-state index contributed by atoms with van der Waals surface area (Å²) in [7, 11) is 2.05. The lowest BCUT2D eigenvalue weighted by Gasteiger charge is -2.19. The molecular weight excluding hydrogens is 338 g/mol. The van der Waals surface area contributed by atoms with Gasteiger partial charge in [-0.2, -0.15) is 0 Å². The number of benzene rings is 1. The monoisotopic (exact) mass is 360 g/mol. The van der Waals surface area contributed by atoms with Crippen LogP contribution >= 0.6 is 22.7 Å². The number of amides is 1. The van der Waals surface area contributed by atoms with Crippen LogP contribution in [0.15, 0.2) is 41.8 Å². The fraction of sp³-hybridized carbons (Fsp3) is 0.333. The van der Waals surface area contributed by atoms with Gasteiger partial charge in [0.05, 0.1) is 17.3 Å². The number of nitrogens with one attached hydrogen (secondary N) is 2. The number of thiazole rings is 1. The number of fused-ring (bicyclic) bond motifs is 1. The maximum atomic E-state index is 12.1. The summed E-state index contributed by atoms with van der Waals surface area (Å²) in [5, 5.41) is 6.16. The van der Waals surface area contributed by atoms with Crippen molar-refractivity contribution in [1.29, 1.82) is 0 Å². The lowest BCUT2D eigenvalue weighted by Crippen LogP contribution is -3.10. The molecule has 1 amide bonds. The van der Waals surface area contributed by atoms with Gasteiger partial charge < -0.3 is 10.2 Å². The Morgan fingerprint density at radius 1 is 1.29 bits per heavy atom. The average molecular weight is 361 g/mol. The van der Waals surface area contributed by atoms with Crippen molar-refractivity contribution >= 4 is 38.8 Å². The molecule has 3 aromatic rings. The van der Waals surface area contributed by atoms with Gasteiger partial charge in [0, 0.05) is 11.4 Å². The standard InChI is InChI=1S/C18H21N3OS2/c1-13(18-20-15-7-3-4-8-16(15)24-18)21(2)12-17(22)19-10-9-14-6-5-11-23-14/h3-8,11,13H,9-10,12H2,1-2H3,(H,19,22)/p+1/t13-/m1/s1. The van der Waals surface area contributed by atoms with Crippen molar-refractivity contribution in [2.75, 3.05) is 20.1 Å². The predicted octanol–water partition coefficient (Wildman–Crippen LogP) is 2.29. The van der Waals surface area contributed by atoms with Crippen molar-refractivity contribution < 1.29 is 9.69 Å². The van der Waals surface area contributed by atoms with E-state index in [-0.39, 0.29) is 11.9 Å². The first-order valence-corrected chi connectivity index (χ1v) is 9.80. The van der Waals surface area contributed by atoms with E-state index in [1.807, 2.05) is 24.3 Å². The minimum atomic E-state index is 0.0945. The van der Waals surface area contributed by atoms with E-state index in [1.54, 1.807) is 22.7 Å². The minimum absolute atomic E-state index is 0.0945. The maximum Gasteiger partial charge on any atom is 0.275 e. The first kappa shape index (κ1) is 17.1. The number of nitrogens with zero attached hydrogens (tertiary/aromatic N) is 1. The Morgan fingerprint density at radius 3 is 2.88 bits per heavy atom. The van der Waals surface area contributed by atoms with Crippen LogP contribution in [-0.4, -0.2) is 31.0 Å². The Labute approximate surface area is 150 Å². The zero-order valence-electron chi connectivity index (χ0n) is 13.9. The molecule has 0 saturated carbocycles. The molecule has 0 aliphatic rings. The van der Waals surface area contributed by atoms with Gasteiger partial charge in [0.2, 0.25) is 0 Å². The Kier molecular flexibility index (Phi) is 5.60. The first-order valence-electron chi connectivity index (χ1n) is 8.10. The molecule has 0 bridgehead atoms. The Hall–Kier alpha value is -1.76. The summed E-state index contributed by atoms with van der Waals surface area (Å²) >= 11 is 3.44. The zero-order valence-corrected chi connectivity index (χ0v) is 15.5. The second-order valence-electron chi connectivity index (χ2n) is 5.94. The van der Waals surface area contributed by atoms with Crippen molar-refractivity contribution in [2.24, 2.45) is 0 Å². The summed E-state index contributed by atoms with van der Waals surface area (Å²) in [5.74, 6) is 0.0945. The van der Waals surface area contributed by atoms with E-state index in [9.17, 15) is 4.79 Å². The average Bonchev–Trinajstić information content (AvgIpc) is 3.23. The smallest absolute Gasteiger partial charge is 0.275 e. The molecular formula is C18H22N3OS2+. The zero-order chi connectivity index (χ0) is 16.9. The van der Waals surface area contributed by atoms with Crippen LogP contribution in [0.1, 0.15) is 22.9 Å². The van der Waals surface area contributed by atoms with Crippen LogP contribution < -0.4 is 10.2 Å². The van der Waals surface area contributed by atoms with Crippen molar-refractivity contribution in [2.45, 2.75) is 19.4 Å². The highest BCUT2D eigenvalue weighted by Crippen LogP contribution is 2.24. The number of carbonyl (C=O) groups excluding carboxylic acids is 1. The Balaban J connectivity index is 1.51. The van der Waals surface area contributed by atoms with Crippen LogP contribution in [0.3, 0.4) is 0 Å². The molecule has 2 heterocycles. The van der Waals surface area contributed by atoms with Gasteiger partial charge in [-0.15, -0.1) is 22.7 Å². The van der Waals surface area contributed by atoms with Crippen molar-refractivity contribution in [3.8, 4) is 0 Å². The highest BCUT2D eigenvalue weighted by Gasteiger charge is 2.21. The van der Waals surface area contributed by atoms with Crippen molar-refractivity contribution in [1.82, 2.24) is 10.3 Å². The third-order valence-electron chi connectivity index (χ3n) is 4.13. The molecule has 3 rings (SSSR count). The van der Waals surface area contributed by atoms with E-state index < -0.39 is 0 Å². The number of likely N-dealkylation sites (N-methyl/N-ethyl adjacent to an activating group) is 1. The summed E-state index contributed by atoms with van der Waals surface area (Å²) in [5.41, 5.74) is 1.04. The van der Waals surface area contributed by atoms with Gasteiger partial charge in [-0.25, -0.2) is 4.98 Å². The lowest BCUT2D eigenvalue weighted by atomic mass is 10.3. The summed E-state index contributed by atoms with van der Waals surface area (Å²) in [6.45, 7) is 3.29. The van der Waals surface area contributed by atoms with E-state index in [0.717, 1.165) is 21.8 Å². The molecule has 0 aliphatic heterocycles. The fourth-order valence-electron chi connectivity index (χ4n) is 2.53. The van der Waals surface area contributed by atoms with Crippen LogP contribution in [0.25, 0.3) is 10.2 Å². The molecule has 126 valence electrons. The number of hydrogen-bond donors (Lipinski definition) is 2. The van der Waals surface area contributed by atoms with E-state index >= 15 is 0 Å². The summed E-state index contributed by atoms with van der Waals surface area (Å²) in [4.78, 5) is 19.3. The van der Waals surface area contributed by atoms with E-state index in [1.165, 1.54) is 9.58 Å². The minimum Gasteiger partial charge on any atom is -0.351 e. The molecule has 6 heteroatoms. The van der Waals surface area contributed by atoms with Crippen LogP contribution in [0.2, 0.25) is 0 Å². The van der Waals surface area contributed by atoms with Crippen molar-refractivity contribution in [3.63, 3.8) is 0 Å². The number of para-hydroxylation sites is 1. The van der Waals surface area contributed by atoms with Crippen LogP contribution in [0, 0.1) is 0 Å². The first-order chi connectivity index (χ1) is 11.6. The van der Waals surface area contributed by atoms with Crippen molar-refractivity contribution in [3.05, 3.63) is 51.7 Å². The lowest BCUT2D eigenvalue weighted by molar-refractivity contribution is -0.902. The number of thiophene rings is 1. The third-order valence-corrected chi connectivity index (χ3v) is 6.29. The Morgan fingerprint density at radius 2 is 2.12 bits per heavy atom. The highest BCUT2D eigenvalue weighted by molar-refractivity contribution is 7.18. The fourth-order valence-corrected chi connectivity index (χ4v) is 4.36. The van der Waals surface area contributed by atoms with Gasteiger partial charge >= 0.3 is 0 Å². The van der Waals surface area contributed by atoms with Gasteiger partial charge in [0.15, 0.2) is 11.6 Å². The Bertz CT molecular complexity index is 765. The molecule has 4 nitrogen and oxygen atoms in total. The quantitative estimate of drug-likeness (QED) is 0.679. The van der Waals surface area contributed by atoms with Crippen LogP contribution in [0.4, 0.5) is 0 Å². The number of rotatable bonds is 7. The molecule has 0 fully saturated rings. The van der Waals surface area contributed by atoms with E-state index in [2.05, 4.69) is 36.8 Å². The van der Waals surface area contributed by atoms with Crippen LogP contribution in [-0.2, 0) is 11.2 Å². The van der Waals surface area contributed by atoms with E-state index in [4.69, 9.17) is 4.98 Å². The van der Waals surface area contributed by atoms with Crippen LogP contribution in [0.5, 0.6) is 0 Å². The maximum absolute atomic E-state index is 12.1. The molecule has 24 heavy (non-hydrogen) atoms. The van der Waals surface area contributed by atoms with Gasteiger partial charge in [-0.3, -0.25) is 4.79 Å². The SMILES string of the molecule is C[C@H](c1nc2ccccc2s1)[NH+](C)CC(=O)NCCc1cccs1. The molecule has 1 aromatic carbocycles. The van der Waals surface area contributed by atoms with Gasteiger partial charge in [-0.1, -0.05) is 18.2 Å². The summed E-state index contributed by atoms with van der Waals surface area (Å²) < 4.78 is 1.20. The second kappa shape index (κ2) is 7.88. The van der Waals surface area contributed by atoms with Gasteiger partial charge in [-0.05, 0) is 36.9 Å². The number of carbonyl (C=O) groups is 1. The van der Waals surface area contributed by atoms with Gasteiger partial charge in [0.25, 0.3) is 5.91 Å². The van der Waals surface area contributed by atoms with E-state index in [0.29, 0.717) is 13.1 Å². The number of aromatic nitrogens is 1. The van der Waals surface area contributed by atoms with Gasteiger partial charge in [0.1, 0.15) is 6.04 Å². The molecule has 1 unspecified atom stereocenters. The molecule has 2 N–H and O–H groups in total. The second-order valence-corrected chi connectivity index (χ2v) is 8.04. The third kappa shape index (κ3) is 4.20. The summed E-state index contributed by atoms with van der Waals surface area (Å²) in [6, 6.07) is 12.5. The number of hydrogen-bond acceptors (Lipinski definition) is 4. The number of quaternary nitrogens is 1.